The summed E-state index contributed by atoms with van der Waals surface area (Å²) >= 11 is 0. The van der Waals surface area contributed by atoms with Crippen molar-refractivity contribution in [2.45, 2.75) is 12.5 Å². The molecule has 21 heavy (non-hydrogen) atoms. The maximum absolute atomic E-state index is 10.5. The predicted octanol–water partition coefficient (Wildman–Crippen LogP) is 2.80. The van der Waals surface area contributed by atoms with E-state index in [9.17, 15) is 5.11 Å². The van der Waals surface area contributed by atoms with Crippen LogP contribution in [0.5, 0.6) is 11.5 Å². The molecule has 0 aliphatic carbocycles. The average molecular weight is 281 g/mol. The SMILES string of the molecule is N#Cc1cccc(C(O)c2ccc3c(c2)OCCCO3)c1. The molecule has 2 aromatic carbocycles. The normalized spacial score (nSPS) is 14.9. The minimum atomic E-state index is -0.796. The third-order valence-corrected chi connectivity index (χ3v) is 3.42. The fourth-order valence-electron chi connectivity index (χ4n) is 2.32. The highest BCUT2D eigenvalue weighted by atomic mass is 16.5. The molecule has 0 saturated carbocycles. The first kappa shape index (κ1) is 13.5. The molecule has 1 aliphatic heterocycles. The molecule has 0 bridgehead atoms. The molecule has 3 rings (SSSR count). The zero-order valence-corrected chi connectivity index (χ0v) is 11.5. The molecule has 1 N–H and O–H groups in total. The van der Waals surface area contributed by atoms with Gasteiger partial charge in [-0.3, -0.25) is 0 Å². The van der Waals surface area contributed by atoms with Crippen molar-refractivity contribution in [3.8, 4) is 17.6 Å². The van der Waals surface area contributed by atoms with Crippen LogP contribution in [0.25, 0.3) is 0 Å². The summed E-state index contributed by atoms with van der Waals surface area (Å²) in [5.74, 6) is 1.36. The van der Waals surface area contributed by atoms with Gasteiger partial charge in [0, 0.05) is 6.42 Å². The summed E-state index contributed by atoms with van der Waals surface area (Å²) < 4.78 is 11.2. The van der Waals surface area contributed by atoms with Gasteiger partial charge in [0.05, 0.1) is 24.8 Å². The van der Waals surface area contributed by atoms with Crippen molar-refractivity contribution >= 4 is 0 Å². The Morgan fingerprint density at radius 3 is 2.57 bits per heavy atom. The molecule has 1 aliphatic rings. The Morgan fingerprint density at radius 1 is 1.00 bits per heavy atom. The summed E-state index contributed by atoms with van der Waals surface area (Å²) in [5, 5.41) is 19.4. The summed E-state index contributed by atoms with van der Waals surface area (Å²) in [6.07, 6.45) is 0.0482. The van der Waals surface area contributed by atoms with Gasteiger partial charge in [-0.15, -0.1) is 0 Å². The van der Waals surface area contributed by atoms with Gasteiger partial charge in [0.2, 0.25) is 0 Å². The topological polar surface area (TPSA) is 62.5 Å². The van der Waals surface area contributed by atoms with Crippen LogP contribution in [-0.4, -0.2) is 18.3 Å². The first-order chi connectivity index (χ1) is 10.3. The Labute approximate surface area is 123 Å². The van der Waals surface area contributed by atoms with Gasteiger partial charge in [-0.1, -0.05) is 18.2 Å². The van der Waals surface area contributed by atoms with Crippen LogP contribution in [0.15, 0.2) is 42.5 Å². The zero-order valence-electron chi connectivity index (χ0n) is 11.5. The van der Waals surface area contributed by atoms with E-state index in [1.165, 1.54) is 0 Å². The highest BCUT2D eigenvalue weighted by molar-refractivity contribution is 5.46. The number of aliphatic hydroxyl groups is 1. The molecule has 1 unspecified atom stereocenters. The number of hydrogen-bond acceptors (Lipinski definition) is 4. The van der Waals surface area contributed by atoms with E-state index >= 15 is 0 Å². The van der Waals surface area contributed by atoms with Crippen LogP contribution in [0.4, 0.5) is 0 Å². The minimum Gasteiger partial charge on any atom is -0.490 e. The number of nitrogens with zero attached hydrogens (tertiary/aromatic N) is 1. The molecule has 4 nitrogen and oxygen atoms in total. The number of ether oxygens (including phenoxy) is 2. The maximum atomic E-state index is 10.5. The summed E-state index contributed by atoms with van der Waals surface area (Å²) in [6, 6.07) is 14.5. The quantitative estimate of drug-likeness (QED) is 0.919. The molecule has 1 heterocycles. The fraction of sp³-hybridized carbons (Fsp3) is 0.235. The van der Waals surface area contributed by atoms with E-state index in [2.05, 4.69) is 6.07 Å². The summed E-state index contributed by atoms with van der Waals surface area (Å²) in [5.41, 5.74) is 1.93. The first-order valence-electron chi connectivity index (χ1n) is 6.85. The van der Waals surface area contributed by atoms with E-state index in [1.54, 1.807) is 30.3 Å². The van der Waals surface area contributed by atoms with Gasteiger partial charge >= 0.3 is 0 Å². The van der Waals surface area contributed by atoms with Crippen LogP contribution in [0.2, 0.25) is 0 Å². The Kier molecular flexibility index (Phi) is 3.76. The average Bonchev–Trinajstić information content (AvgIpc) is 2.78. The van der Waals surface area contributed by atoms with Crippen LogP contribution in [-0.2, 0) is 0 Å². The largest absolute Gasteiger partial charge is 0.490 e. The number of fused-ring (bicyclic) bond motifs is 1. The monoisotopic (exact) mass is 281 g/mol. The second kappa shape index (κ2) is 5.86. The third-order valence-electron chi connectivity index (χ3n) is 3.42. The molecule has 0 saturated heterocycles. The Morgan fingerprint density at radius 2 is 1.76 bits per heavy atom. The van der Waals surface area contributed by atoms with E-state index in [4.69, 9.17) is 14.7 Å². The van der Waals surface area contributed by atoms with Crippen LogP contribution < -0.4 is 9.47 Å². The number of benzene rings is 2. The Bertz CT molecular complexity index is 691. The molecule has 0 fully saturated rings. The van der Waals surface area contributed by atoms with Crippen molar-refractivity contribution in [1.82, 2.24) is 0 Å². The van der Waals surface area contributed by atoms with Crippen molar-refractivity contribution < 1.29 is 14.6 Å². The fourth-order valence-corrected chi connectivity index (χ4v) is 2.32. The molecule has 1 atom stereocenters. The number of nitriles is 1. The van der Waals surface area contributed by atoms with Gasteiger partial charge in [0.1, 0.15) is 6.10 Å². The van der Waals surface area contributed by atoms with Gasteiger partial charge in [0.25, 0.3) is 0 Å². The highest BCUT2D eigenvalue weighted by Gasteiger charge is 2.16. The standard InChI is InChI=1S/C17H15NO3/c18-11-12-3-1-4-13(9-12)17(19)14-5-6-15-16(10-14)21-8-2-7-20-15/h1,3-6,9-10,17,19H,2,7-8H2. The Balaban J connectivity index is 1.92. The minimum absolute atomic E-state index is 0.529. The van der Waals surface area contributed by atoms with Crippen molar-refractivity contribution in [2.24, 2.45) is 0 Å². The molecule has 0 amide bonds. The van der Waals surface area contributed by atoms with E-state index in [-0.39, 0.29) is 0 Å². The molecular weight excluding hydrogens is 266 g/mol. The lowest BCUT2D eigenvalue weighted by Gasteiger charge is -2.14. The summed E-state index contributed by atoms with van der Waals surface area (Å²) in [6.45, 7) is 1.25. The lowest BCUT2D eigenvalue weighted by atomic mass is 9.99. The van der Waals surface area contributed by atoms with Crippen LogP contribution in [0.1, 0.15) is 29.2 Å². The molecule has 2 aromatic rings. The first-order valence-corrected chi connectivity index (χ1v) is 6.85. The highest BCUT2D eigenvalue weighted by Crippen LogP contribution is 2.34. The molecule has 0 aromatic heterocycles. The van der Waals surface area contributed by atoms with Crippen LogP contribution in [0.3, 0.4) is 0 Å². The van der Waals surface area contributed by atoms with Gasteiger partial charge in [-0.25, -0.2) is 0 Å². The molecule has 4 heteroatoms. The second-order valence-electron chi connectivity index (χ2n) is 4.90. The van der Waals surface area contributed by atoms with E-state index in [0.717, 1.165) is 6.42 Å². The molecular formula is C17H15NO3. The van der Waals surface area contributed by atoms with Crippen LogP contribution in [0, 0.1) is 11.3 Å². The van der Waals surface area contributed by atoms with Gasteiger partial charge < -0.3 is 14.6 Å². The third kappa shape index (κ3) is 2.83. The second-order valence-corrected chi connectivity index (χ2v) is 4.90. The van der Waals surface area contributed by atoms with Crippen molar-refractivity contribution in [2.75, 3.05) is 13.2 Å². The molecule has 0 spiro atoms. The summed E-state index contributed by atoms with van der Waals surface area (Å²) in [4.78, 5) is 0. The van der Waals surface area contributed by atoms with E-state index < -0.39 is 6.10 Å². The van der Waals surface area contributed by atoms with E-state index in [0.29, 0.717) is 41.4 Å². The Hall–Kier alpha value is -2.51. The van der Waals surface area contributed by atoms with E-state index in [1.807, 2.05) is 12.1 Å². The van der Waals surface area contributed by atoms with Gasteiger partial charge in [-0.2, -0.15) is 5.26 Å². The zero-order chi connectivity index (χ0) is 14.7. The molecule has 106 valence electrons. The van der Waals surface area contributed by atoms with Crippen molar-refractivity contribution in [1.29, 1.82) is 5.26 Å². The number of aliphatic hydroxyl groups excluding tert-OH is 1. The maximum Gasteiger partial charge on any atom is 0.161 e. The van der Waals surface area contributed by atoms with Gasteiger partial charge in [0.15, 0.2) is 11.5 Å². The number of hydrogen-bond donors (Lipinski definition) is 1. The smallest absolute Gasteiger partial charge is 0.161 e. The van der Waals surface area contributed by atoms with Crippen molar-refractivity contribution in [3.63, 3.8) is 0 Å². The van der Waals surface area contributed by atoms with Gasteiger partial charge in [-0.05, 0) is 35.4 Å². The molecule has 0 radical (unpaired) electrons. The lowest BCUT2D eigenvalue weighted by molar-refractivity contribution is 0.219. The summed E-state index contributed by atoms with van der Waals surface area (Å²) in [7, 11) is 0. The lowest BCUT2D eigenvalue weighted by Crippen LogP contribution is -2.01. The van der Waals surface area contributed by atoms with Crippen molar-refractivity contribution in [3.05, 3.63) is 59.2 Å². The van der Waals surface area contributed by atoms with Crippen LogP contribution >= 0.6 is 0 Å². The predicted molar refractivity (Wildman–Crippen MR) is 77.3 cm³/mol. The number of rotatable bonds is 2.